The van der Waals surface area contributed by atoms with Gasteiger partial charge in [0.1, 0.15) is 16.6 Å². The lowest BCUT2D eigenvalue weighted by Gasteiger charge is -2.27. The third kappa shape index (κ3) is 16.5. The topological polar surface area (TPSA) is 243 Å². The minimum Gasteiger partial charge on any atom is -0.508 e. The van der Waals surface area contributed by atoms with E-state index in [4.69, 9.17) is 5.73 Å². The van der Waals surface area contributed by atoms with Crippen molar-refractivity contribution in [1.82, 2.24) is 20.9 Å². The molecule has 0 aliphatic rings. The summed E-state index contributed by atoms with van der Waals surface area (Å²) in [7, 11) is 1.59. The molecule has 2 amide bonds. The van der Waals surface area contributed by atoms with Gasteiger partial charge in [0.15, 0.2) is 22.4 Å². The number of guanidine groups is 1. The van der Waals surface area contributed by atoms with Crippen molar-refractivity contribution in [3.05, 3.63) is 75.8 Å². The standard InChI is InChI=1S/C40H57N7O9/c1-7-26(4)32(27(5)48)22-36(51)34(20-28-15-17-30(49)18-16-28)44-39(54)31(25(2)3)21-35(50)33(14-11-19-42-40(41)45-47(55)56)43-38(53)24-46(6)23-37(52)29-12-9-8-10-13-29/h8-10,12-13,15-18,25-26,31-34,49H,7,11,14,19-24H2,1-6H3,(H,43,53)(H,44,54)(H3,41,42,45)/t26?,31-,32-,33-,34-/m0/s1. The Balaban J connectivity index is 2.28. The number of hydrogen-bond donors (Lipinski definition) is 5. The van der Waals surface area contributed by atoms with E-state index in [1.54, 1.807) is 63.4 Å². The maximum absolute atomic E-state index is 14.0. The molecule has 2 aromatic carbocycles. The van der Waals surface area contributed by atoms with E-state index in [0.717, 1.165) is 0 Å². The molecule has 56 heavy (non-hydrogen) atoms. The normalized spacial score (nSPS) is 14.2. The number of nitro groups is 1. The summed E-state index contributed by atoms with van der Waals surface area (Å²) in [5.41, 5.74) is 6.66. The fourth-order valence-corrected chi connectivity index (χ4v) is 6.23. The lowest BCUT2D eigenvalue weighted by atomic mass is 9.82. The van der Waals surface area contributed by atoms with Crippen LogP contribution >= 0.6 is 0 Å². The number of ketones is 4. The van der Waals surface area contributed by atoms with Crippen LogP contribution in [-0.4, -0.2) is 94.7 Å². The number of nitrogens with one attached hydrogen (secondary N) is 3. The SMILES string of the molecule is CCC(C)[C@H](CC(=O)[C@H](Cc1ccc(O)cc1)NC(=O)[C@@H](CC(=O)[C@H](CCCN/C(N)=N\[N+](=O)[O-])NC(=O)CN(C)CC(=O)c1ccccc1)C(C)C)C(C)=O. The molecule has 0 fully saturated rings. The number of carbonyl (C=O) groups is 6. The van der Waals surface area contributed by atoms with Crippen LogP contribution in [0, 0.1) is 33.8 Å². The van der Waals surface area contributed by atoms with Crippen molar-refractivity contribution in [1.29, 1.82) is 0 Å². The Hall–Kier alpha value is -5.51. The van der Waals surface area contributed by atoms with E-state index in [1.807, 2.05) is 13.8 Å². The van der Waals surface area contributed by atoms with Crippen molar-refractivity contribution in [2.24, 2.45) is 34.5 Å². The molecule has 1 unspecified atom stereocenters. The Morgan fingerprint density at radius 2 is 1.50 bits per heavy atom. The fraction of sp³-hybridized carbons (Fsp3) is 0.525. The first-order valence-electron chi connectivity index (χ1n) is 18.8. The van der Waals surface area contributed by atoms with Gasteiger partial charge in [-0.1, -0.05) is 76.6 Å². The molecule has 0 aromatic heterocycles. The third-order valence-corrected chi connectivity index (χ3v) is 9.73. The van der Waals surface area contributed by atoms with Gasteiger partial charge in [0.25, 0.3) is 5.96 Å². The van der Waals surface area contributed by atoms with Gasteiger partial charge in [-0.25, -0.2) is 10.1 Å². The van der Waals surface area contributed by atoms with Gasteiger partial charge in [-0.2, -0.15) is 0 Å². The van der Waals surface area contributed by atoms with E-state index in [0.29, 0.717) is 17.5 Å². The lowest BCUT2D eigenvalue weighted by Crippen LogP contribution is -2.49. The van der Waals surface area contributed by atoms with Gasteiger partial charge in [0.2, 0.25) is 11.8 Å². The summed E-state index contributed by atoms with van der Waals surface area (Å²) in [5.74, 6) is -4.51. The minimum atomic E-state index is -1.08. The molecule has 0 aliphatic carbocycles. The number of hydrogen-bond acceptors (Lipinski definition) is 10. The van der Waals surface area contributed by atoms with E-state index >= 15 is 0 Å². The van der Waals surface area contributed by atoms with Crippen molar-refractivity contribution < 1.29 is 38.9 Å². The number of likely N-dealkylation sites (N-methyl/N-ethyl adjacent to an activating group) is 1. The molecule has 0 saturated carbocycles. The molecular weight excluding hydrogens is 722 g/mol. The number of phenolic OH excluding ortho intramolecular Hbond substituents is 1. The van der Waals surface area contributed by atoms with Gasteiger partial charge in [-0.3, -0.25) is 33.7 Å². The van der Waals surface area contributed by atoms with Crippen LogP contribution in [0.15, 0.2) is 59.7 Å². The molecule has 306 valence electrons. The fourth-order valence-electron chi connectivity index (χ4n) is 6.23. The van der Waals surface area contributed by atoms with E-state index in [-0.39, 0.29) is 86.7 Å². The van der Waals surface area contributed by atoms with Crippen LogP contribution < -0.4 is 21.7 Å². The Morgan fingerprint density at radius 1 is 0.893 bits per heavy atom. The number of phenols is 1. The van der Waals surface area contributed by atoms with E-state index < -0.39 is 52.5 Å². The Kier molecular flexibility index (Phi) is 19.5. The molecule has 0 spiro atoms. The summed E-state index contributed by atoms with van der Waals surface area (Å²) in [6.45, 7) is 8.61. The summed E-state index contributed by atoms with van der Waals surface area (Å²) in [6.07, 6.45) is 0.694. The summed E-state index contributed by atoms with van der Waals surface area (Å²) in [4.78, 5) is 92.3. The summed E-state index contributed by atoms with van der Waals surface area (Å²) >= 11 is 0. The molecule has 2 rings (SSSR count). The zero-order valence-corrected chi connectivity index (χ0v) is 33.2. The van der Waals surface area contributed by atoms with Crippen LogP contribution in [-0.2, 0) is 30.4 Å². The number of nitrogens with two attached hydrogens (primary N) is 1. The van der Waals surface area contributed by atoms with Crippen LogP contribution in [0.5, 0.6) is 5.75 Å². The second-order valence-electron chi connectivity index (χ2n) is 14.6. The maximum Gasteiger partial charge on any atom is 0.266 e. The molecule has 0 bridgehead atoms. The molecule has 0 saturated heterocycles. The average molecular weight is 780 g/mol. The van der Waals surface area contributed by atoms with Crippen LogP contribution in [0.4, 0.5) is 0 Å². The average Bonchev–Trinajstić information content (AvgIpc) is 3.13. The van der Waals surface area contributed by atoms with Gasteiger partial charge in [0.05, 0.1) is 25.2 Å². The Morgan fingerprint density at radius 3 is 2.07 bits per heavy atom. The van der Waals surface area contributed by atoms with Crippen LogP contribution in [0.2, 0.25) is 0 Å². The zero-order chi connectivity index (χ0) is 41.9. The van der Waals surface area contributed by atoms with E-state index in [9.17, 15) is 44.0 Å². The van der Waals surface area contributed by atoms with Crippen molar-refractivity contribution in [3.8, 4) is 5.75 Å². The highest BCUT2D eigenvalue weighted by atomic mass is 16.7. The third-order valence-electron chi connectivity index (χ3n) is 9.73. The predicted octanol–water partition coefficient (Wildman–Crippen LogP) is 3.04. The van der Waals surface area contributed by atoms with Gasteiger partial charge in [-0.05, 0) is 62.8 Å². The number of benzene rings is 2. The monoisotopic (exact) mass is 779 g/mol. The highest BCUT2D eigenvalue weighted by Gasteiger charge is 2.34. The molecule has 16 nitrogen and oxygen atoms in total. The lowest BCUT2D eigenvalue weighted by molar-refractivity contribution is -0.485. The number of rotatable bonds is 25. The van der Waals surface area contributed by atoms with Crippen LogP contribution in [0.3, 0.4) is 0 Å². The number of nitrogens with zero attached hydrogens (tertiary/aromatic N) is 3. The number of carbonyl (C=O) groups excluding carboxylic acids is 6. The van der Waals surface area contributed by atoms with Crippen molar-refractivity contribution in [2.75, 3.05) is 26.7 Å². The van der Waals surface area contributed by atoms with Gasteiger partial charge in [0, 0.05) is 36.8 Å². The predicted molar refractivity (Wildman–Crippen MR) is 211 cm³/mol. The van der Waals surface area contributed by atoms with Crippen molar-refractivity contribution in [2.45, 2.75) is 85.2 Å². The van der Waals surface area contributed by atoms with Gasteiger partial charge >= 0.3 is 0 Å². The molecule has 0 radical (unpaired) electrons. The molecule has 0 heterocycles. The van der Waals surface area contributed by atoms with Crippen molar-refractivity contribution >= 4 is 40.9 Å². The van der Waals surface area contributed by atoms with Crippen LogP contribution in [0.1, 0.15) is 82.6 Å². The number of amides is 2. The first-order valence-corrected chi connectivity index (χ1v) is 18.8. The summed E-state index contributed by atoms with van der Waals surface area (Å²) in [5, 5.41) is 30.6. The second-order valence-corrected chi connectivity index (χ2v) is 14.6. The Bertz CT molecular complexity index is 1680. The smallest absolute Gasteiger partial charge is 0.266 e. The van der Waals surface area contributed by atoms with Crippen LogP contribution in [0.25, 0.3) is 0 Å². The second kappa shape index (κ2) is 23.4. The van der Waals surface area contributed by atoms with Gasteiger partial charge in [-0.15, -0.1) is 0 Å². The van der Waals surface area contributed by atoms with E-state index in [2.05, 4.69) is 21.1 Å². The molecule has 0 aliphatic heterocycles. The Labute approximate surface area is 328 Å². The highest BCUT2D eigenvalue weighted by Crippen LogP contribution is 2.24. The molecular formula is C40H57N7O9. The molecule has 5 atom stereocenters. The largest absolute Gasteiger partial charge is 0.508 e. The first-order chi connectivity index (χ1) is 26.4. The van der Waals surface area contributed by atoms with Crippen molar-refractivity contribution in [3.63, 3.8) is 0 Å². The molecule has 16 heteroatoms. The zero-order valence-electron chi connectivity index (χ0n) is 33.2. The first kappa shape index (κ1) is 46.6. The number of Topliss-reactive ketones (excluding diaryl/α,β-unsaturated/α-hetero) is 4. The molecule has 6 N–H and O–H groups in total. The minimum absolute atomic E-state index is 0.0327. The maximum atomic E-state index is 14.0. The van der Waals surface area contributed by atoms with Gasteiger partial charge < -0.3 is 26.8 Å². The summed E-state index contributed by atoms with van der Waals surface area (Å²) < 4.78 is 0. The van der Waals surface area contributed by atoms with E-state index in [1.165, 1.54) is 24.0 Å². The number of aromatic hydroxyl groups is 1. The number of hydrazone groups is 1. The summed E-state index contributed by atoms with van der Waals surface area (Å²) in [6, 6.07) is 12.7. The quantitative estimate of drug-likeness (QED) is 0.0244. The highest BCUT2D eigenvalue weighted by molar-refractivity contribution is 5.98. The molecule has 2 aromatic rings.